The maximum atomic E-state index is 12.9. The minimum atomic E-state index is -0.209. The maximum Gasteiger partial charge on any atom is 0.191 e. The van der Waals surface area contributed by atoms with Gasteiger partial charge in [-0.2, -0.15) is 5.10 Å². The Hall–Kier alpha value is -1.40. The van der Waals surface area contributed by atoms with E-state index in [0.717, 1.165) is 54.2 Å². The number of nitrogens with zero attached hydrogens (tertiary/aromatic N) is 4. The van der Waals surface area contributed by atoms with Crippen LogP contribution in [0.1, 0.15) is 18.1 Å². The van der Waals surface area contributed by atoms with Crippen LogP contribution in [-0.2, 0) is 24.3 Å². The lowest BCUT2D eigenvalue weighted by atomic mass is 10.1. The second kappa shape index (κ2) is 11.6. The summed E-state index contributed by atoms with van der Waals surface area (Å²) in [7, 11) is 3.41. The van der Waals surface area contributed by atoms with Crippen molar-refractivity contribution in [1.29, 1.82) is 0 Å². The van der Waals surface area contributed by atoms with Gasteiger partial charge in [0.1, 0.15) is 18.2 Å². The SMILES string of the molecule is CN=C(NCCSc1ccc(F)cc1)NC1CCc2nc(COC)nn2C1.I. The monoisotopic (exact) mass is 520 g/mol. The molecule has 2 aromatic rings. The molecule has 0 aliphatic carbocycles. The van der Waals surface area contributed by atoms with Crippen molar-refractivity contribution in [1.82, 2.24) is 25.4 Å². The van der Waals surface area contributed by atoms with Crippen molar-refractivity contribution in [2.24, 2.45) is 4.99 Å². The van der Waals surface area contributed by atoms with E-state index in [4.69, 9.17) is 4.74 Å². The van der Waals surface area contributed by atoms with Gasteiger partial charge in [-0.15, -0.1) is 35.7 Å². The van der Waals surface area contributed by atoms with Crippen molar-refractivity contribution in [3.05, 3.63) is 41.7 Å². The molecule has 1 aromatic heterocycles. The van der Waals surface area contributed by atoms with Crippen LogP contribution in [0.15, 0.2) is 34.2 Å². The molecule has 1 aromatic carbocycles. The van der Waals surface area contributed by atoms with E-state index in [1.165, 1.54) is 12.1 Å². The minimum absolute atomic E-state index is 0. The zero-order valence-electron chi connectivity index (χ0n) is 16.0. The van der Waals surface area contributed by atoms with Gasteiger partial charge < -0.3 is 15.4 Å². The highest BCUT2D eigenvalue weighted by Gasteiger charge is 2.22. The summed E-state index contributed by atoms with van der Waals surface area (Å²) >= 11 is 1.68. The Balaban J connectivity index is 0.00000280. The van der Waals surface area contributed by atoms with Crippen LogP contribution in [0.2, 0.25) is 0 Å². The highest BCUT2D eigenvalue weighted by Crippen LogP contribution is 2.17. The zero-order valence-corrected chi connectivity index (χ0v) is 19.2. The smallest absolute Gasteiger partial charge is 0.191 e. The van der Waals surface area contributed by atoms with E-state index in [1.54, 1.807) is 38.1 Å². The molecule has 2 N–H and O–H groups in total. The Bertz CT molecular complexity index is 770. The van der Waals surface area contributed by atoms with E-state index >= 15 is 0 Å². The molecule has 10 heteroatoms. The quantitative estimate of drug-likeness (QED) is 0.192. The van der Waals surface area contributed by atoms with E-state index in [0.29, 0.717) is 6.61 Å². The van der Waals surface area contributed by atoms with Crippen molar-refractivity contribution in [3.63, 3.8) is 0 Å². The van der Waals surface area contributed by atoms with Crippen molar-refractivity contribution in [2.75, 3.05) is 26.5 Å². The fourth-order valence-corrected chi connectivity index (χ4v) is 3.69. The van der Waals surface area contributed by atoms with Gasteiger partial charge >= 0.3 is 0 Å². The number of aryl methyl sites for hydroxylation is 1. The highest BCUT2D eigenvalue weighted by molar-refractivity contribution is 14.0. The predicted octanol–water partition coefficient (Wildman–Crippen LogP) is 2.45. The lowest BCUT2D eigenvalue weighted by Gasteiger charge is -2.25. The first-order valence-corrected chi connectivity index (χ1v) is 9.93. The van der Waals surface area contributed by atoms with E-state index in [-0.39, 0.29) is 35.8 Å². The highest BCUT2D eigenvalue weighted by atomic mass is 127. The summed E-state index contributed by atoms with van der Waals surface area (Å²) in [5, 5.41) is 11.3. The number of ether oxygens (including phenoxy) is 1. The lowest BCUT2D eigenvalue weighted by Crippen LogP contribution is -2.47. The van der Waals surface area contributed by atoms with Crippen molar-refractivity contribution < 1.29 is 9.13 Å². The van der Waals surface area contributed by atoms with Gasteiger partial charge in [0.15, 0.2) is 11.8 Å². The van der Waals surface area contributed by atoms with Crippen LogP contribution in [0.4, 0.5) is 4.39 Å². The van der Waals surface area contributed by atoms with Crippen LogP contribution >= 0.6 is 35.7 Å². The largest absolute Gasteiger partial charge is 0.377 e. The molecule has 0 saturated heterocycles. The number of fused-ring (bicyclic) bond motifs is 1. The van der Waals surface area contributed by atoms with Crippen LogP contribution in [0, 0.1) is 5.82 Å². The van der Waals surface area contributed by atoms with E-state index < -0.39 is 0 Å². The summed E-state index contributed by atoms with van der Waals surface area (Å²) < 4.78 is 20.0. The Kier molecular flexibility index (Phi) is 9.45. The minimum Gasteiger partial charge on any atom is -0.377 e. The van der Waals surface area contributed by atoms with Gasteiger partial charge in [0.2, 0.25) is 0 Å². The Labute approximate surface area is 185 Å². The number of thioether (sulfide) groups is 1. The van der Waals surface area contributed by atoms with Crippen LogP contribution in [0.3, 0.4) is 0 Å². The standard InChI is InChI=1S/C18H25FN6OS.HI/c1-20-18(21-9-10-27-15-6-3-13(19)4-7-15)22-14-5-8-17-23-16(12-26-2)24-25(17)11-14;/h3-4,6-7,14H,5,8-12H2,1-2H3,(H2,20,21,22);1H. The third-order valence-electron chi connectivity index (χ3n) is 4.22. The third-order valence-corrected chi connectivity index (χ3v) is 5.23. The van der Waals surface area contributed by atoms with E-state index in [9.17, 15) is 4.39 Å². The molecule has 7 nitrogen and oxygen atoms in total. The summed E-state index contributed by atoms with van der Waals surface area (Å²) in [6, 6.07) is 6.81. The van der Waals surface area contributed by atoms with Gasteiger partial charge in [0.25, 0.3) is 0 Å². The maximum absolute atomic E-state index is 12.9. The summed E-state index contributed by atoms with van der Waals surface area (Å²) in [6.07, 6.45) is 1.86. The normalized spacial score (nSPS) is 16.2. The molecule has 0 fully saturated rings. The number of halogens is 2. The molecule has 0 saturated carbocycles. The van der Waals surface area contributed by atoms with Crippen LogP contribution in [-0.4, -0.2) is 53.2 Å². The van der Waals surface area contributed by atoms with Gasteiger partial charge in [-0.3, -0.25) is 4.99 Å². The molecule has 1 aliphatic rings. The fourth-order valence-electron chi connectivity index (χ4n) is 2.93. The van der Waals surface area contributed by atoms with E-state index in [2.05, 4.69) is 25.7 Å². The van der Waals surface area contributed by atoms with Gasteiger partial charge in [-0.1, -0.05) is 0 Å². The molecule has 2 heterocycles. The lowest BCUT2D eigenvalue weighted by molar-refractivity contribution is 0.177. The average Bonchev–Trinajstić information content (AvgIpc) is 3.07. The Morgan fingerprint density at radius 1 is 1.39 bits per heavy atom. The molecular formula is C18H26FIN6OS. The van der Waals surface area contributed by atoms with Gasteiger partial charge in [-0.25, -0.2) is 14.1 Å². The molecule has 1 atom stereocenters. The number of guanidine groups is 1. The number of nitrogens with one attached hydrogen (secondary N) is 2. The van der Waals surface area contributed by atoms with Crippen LogP contribution in [0.25, 0.3) is 0 Å². The first-order valence-electron chi connectivity index (χ1n) is 8.95. The van der Waals surface area contributed by atoms with Gasteiger partial charge in [0.05, 0.1) is 6.54 Å². The molecule has 0 radical (unpaired) electrons. The van der Waals surface area contributed by atoms with E-state index in [1.807, 2.05) is 4.68 Å². The second-order valence-electron chi connectivity index (χ2n) is 6.24. The first-order chi connectivity index (χ1) is 13.2. The third kappa shape index (κ3) is 6.59. The topological polar surface area (TPSA) is 76.4 Å². The Morgan fingerprint density at radius 2 is 2.18 bits per heavy atom. The fraction of sp³-hybridized carbons (Fsp3) is 0.500. The summed E-state index contributed by atoms with van der Waals surface area (Å²) in [5.41, 5.74) is 0. The average molecular weight is 520 g/mol. The van der Waals surface area contributed by atoms with Crippen LogP contribution in [0.5, 0.6) is 0 Å². The molecule has 1 aliphatic heterocycles. The molecule has 0 spiro atoms. The molecule has 0 amide bonds. The van der Waals surface area contributed by atoms with Gasteiger partial charge in [-0.05, 0) is 30.7 Å². The van der Waals surface area contributed by atoms with Crippen molar-refractivity contribution in [3.8, 4) is 0 Å². The number of hydrogen-bond donors (Lipinski definition) is 2. The summed E-state index contributed by atoms with van der Waals surface area (Å²) in [6.45, 7) is 1.96. The molecule has 1 unspecified atom stereocenters. The number of methoxy groups -OCH3 is 1. The van der Waals surface area contributed by atoms with Gasteiger partial charge in [0, 0.05) is 43.8 Å². The molecule has 3 rings (SSSR count). The number of aromatic nitrogens is 3. The number of aliphatic imine (C=N–C) groups is 1. The number of rotatable bonds is 7. The molecule has 154 valence electrons. The summed E-state index contributed by atoms with van der Waals surface area (Å²) in [5.74, 6) is 3.18. The molecule has 0 bridgehead atoms. The number of hydrogen-bond acceptors (Lipinski definition) is 5. The van der Waals surface area contributed by atoms with Crippen molar-refractivity contribution in [2.45, 2.75) is 36.9 Å². The number of benzene rings is 1. The molecular weight excluding hydrogens is 494 g/mol. The second-order valence-corrected chi connectivity index (χ2v) is 7.41. The van der Waals surface area contributed by atoms with Crippen molar-refractivity contribution >= 4 is 41.7 Å². The predicted molar refractivity (Wildman–Crippen MR) is 120 cm³/mol. The zero-order chi connectivity index (χ0) is 19.1. The Morgan fingerprint density at radius 3 is 2.89 bits per heavy atom. The molecule has 28 heavy (non-hydrogen) atoms. The first kappa shape index (κ1) is 22.9. The summed E-state index contributed by atoms with van der Waals surface area (Å²) in [4.78, 5) is 9.85. The van der Waals surface area contributed by atoms with Crippen LogP contribution < -0.4 is 10.6 Å².